The minimum atomic E-state index is -0.519. The van der Waals surface area contributed by atoms with Crippen LogP contribution in [0.4, 0.5) is 0 Å². The number of aliphatic hydroxyl groups excluding tert-OH is 1. The Morgan fingerprint density at radius 1 is 1.22 bits per heavy atom. The van der Waals surface area contributed by atoms with Crippen molar-refractivity contribution >= 4 is 11.8 Å². The molecule has 3 unspecified atom stereocenters. The van der Waals surface area contributed by atoms with Gasteiger partial charge in [-0.3, -0.25) is 19.4 Å². The van der Waals surface area contributed by atoms with Crippen LogP contribution in [0.2, 0.25) is 0 Å². The van der Waals surface area contributed by atoms with Crippen LogP contribution in [0.25, 0.3) is 0 Å². The van der Waals surface area contributed by atoms with E-state index in [-0.39, 0.29) is 30.2 Å². The van der Waals surface area contributed by atoms with Crippen LogP contribution in [0.3, 0.4) is 0 Å². The molecule has 0 aliphatic carbocycles. The molecule has 5 nitrogen and oxygen atoms in total. The van der Waals surface area contributed by atoms with Crippen molar-refractivity contribution in [1.82, 2.24) is 9.80 Å². The molecule has 0 saturated carbocycles. The lowest BCUT2D eigenvalue weighted by atomic mass is 9.86. The van der Waals surface area contributed by atoms with Crippen LogP contribution in [0.15, 0.2) is 54.6 Å². The minimum Gasteiger partial charge on any atom is -0.392 e. The van der Waals surface area contributed by atoms with E-state index in [1.165, 1.54) is 16.5 Å². The highest BCUT2D eigenvalue weighted by molar-refractivity contribution is 6.16. The Hall–Kier alpha value is -2.24. The van der Waals surface area contributed by atoms with Crippen molar-refractivity contribution in [2.45, 2.75) is 32.4 Å². The van der Waals surface area contributed by atoms with Crippen LogP contribution in [-0.4, -0.2) is 52.5 Å². The van der Waals surface area contributed by atoms with E-state index in [0.717, 1.165) is 13.1 Å². The molecule has 0 aromatic heterocycles. The normalized spacial score (nSPS) is 26.4. The largest absolute Gasteiger partial charge is 0.392 e. The molecule has 1 N–H and O–H groups in total. The Bertz CT molecular complexity index is 728. The highest BCUT2D eigenvalue weighted by Gasteiger charge is 2.38. The third-order valence-corrected chi connectivity index (χ3v) is 5.47. The number of rotatable bonds is 7. The predicted molar refractivity (Wildman–Crippen MR) is 105 cm³/mol. The number of hydrogen-bond donors (Lipinski definition) is 1. The number of allylic oxidation sites excluding steroid dienone is 1. The quantitative estimate of drug-likeness (QED) is 0.593. The maximum Gasteiger partial charge on any atom is 0.256 e. The van der Waals surface area contributed by atoms with Crippen LogP contribution in [0, 0.1) is 11.8 Å². The molecular weight excluding hydrogens is 340 g/mol. The van der Waals surface area contributed by atoms with Gasteiger partial charge in [-0.15, -0.1) is 6.58 Å². The summed E-state index contributed by atoms with van der Waals surface area (Å²) in [4.78, 5) is 28.5. The Balaban J connectivity index is 1.65. The van der Waals surface area contributed by atoms with E-state index in [0.29, 0.717) is 25.0 Å². The summed E-state index contributed by atoms with van der Waals surface area (Å²) in [6.07, 6.45) is 3.87. The van der Waals surface area contributed by atoms with Gasteiger partial charge < -0.3 is 5.11 Å². The first-order valence-electron chi connectivity index (χ1n) is 9.61. The number of likely N-dealkylation sites (tertiary alicyclic amines) is 1. The van der Waals surface area contributed by atoms with E-state index in [1.54, 1.807) is 6.08 Å². The molecule has 2 aliphatic heterocycles. The molecule has 1 aromatic rings. The Kier molecular flexibility index (Phi) is 6.24. The fraction of sp³-hybridized carbons (Fsp3) is 0.455. The highest BCUT2D eigenvalue weighted by Crippen LogP contribution is 2.27. The first-order valence-corrected chi connectivity index (χ1v) is 9.61. The standard InChI is InChI=1S/C22H28N2O3/c1-3-4-10-18-11-20(25)24(22(18)27)15-19-14-23(12-16(2)21(19)26)13-17-8-6-5-7-9-17/h3,5-9,11,16,19,21,26H,1,4,10,12-15H2,2H3. The van der Waals surface area contributed by atoms with E-state index in [9.17, 15) is 14.7 Å². The van der Waals surface area contributed by atoms with Crippen molar-refractivity contribution in [1.29, 1.82) is 0 Å². The monoisotopic (exact) mass is 368 g/mol. The van der Waals surface area contributed by atoms with Gasteiger partial charge in [0.15, 0.2) is 0 Å². The second-order valence-electron chi connectivity index (χ2n) is 7.66. The van der Waals surface area contributed by atoms with Crippen molar-refractivity contribution in [3.8, 4) is 0 Å². The molecular formula is C22H28N2O3. The number of amides is 2. The van der Waals surface area contributed by atoms with Crippen molar-refractivity contribution < 1.29 is 14.7 Å². The summed E-state index contributed by atoms with van der Waals surface area (Å²) in [6.45, 7) is 8.23. The van der Waals surface area contributed by atoms with Gasteiger partial charge in [0.05, 0.1) is 6.10 Å². The topological polar surface area (TPSA) is 60.9 Å². The fourth-order valence-corrected chi connectivity index (χ4v) is 4.04. The molecule has 2 amide bonds. The van der Waals surface area contributed by atoms with Gasteiger partial charge in [0.2, 0.25) is 0 Å². The second-order valence-corrected chi connectivity index (χ2v) is 7.66. The van der Waals surface area contributed by atoms with Crippen LogP contribution in [0.5, 0.6) is 0 Å². The average molecular weight is 368 g/mol. The third kappa shape index (κ3) is 4.54. The summed E-state index contributed by atoms with van der Waals surface area (Å²) in [5.41, 5.74) is 1.76. The van der Waals surface area contributed by atoms with E-state index >= 15 is 0 Å². The van der Waals surface area contributed by atoms with E-state index in [1.807, 2.05) is 25.1 Å². The zero-order valence-corrected chi connectivity index (χ0v) is 15.9. The number of nitrogens with zero attached hydrogens (tertiary/aromatic N) is 2. The summed E-state index contributed by atoms with van der Waals surface area (Å²) in [5, 5.41) is 10.7. The number of piperidine rings is 1. The van der Waals surface area contributed by atoms with Gasteiger partial charge in [0.25, 0.3) is 11.8 Å². The third-order valence-electron chi connectivity index (χ3n) is 5.47. The molecule has 0 spiro atoms. The van der Waals surface area contributed by atoms with Crippen LogP contribution in [-0.2, 0) is 16.1 Å². The number of benzene rings is 1. The zero-order valence-electron chi connectivity index (χ0n) is 15.9. The number of carbonyl (C=O) groups excluding carboxylic acids is 2. The molecule has 144 valence electrons. The summed E-state index contributed by atoms with van der Waals surface area (Å²) in [5.74, 6) is -0.535. The fourth-order valence-electron chi connectivity index (χ4n) is 4.04. The van der Waals surface area contributed by atoms with Gasteiger partial charge in [0, 0.05) is 43.7 Å². The molecule has 1 fully saturated rings. The molecule has 5 heteroatoms. The number of aliphatic hydroxyl groups is 1. The van der Waals surface area contributed by atoms with Gasteiger partial charge in [-0.25, -0.2) is 0 Å². The first kappa shape index (κ1) is 19.5. The van der Waals surface area contributed by atoms with Crippen molar-refractivity contribution in [3.63, 3.8) is 0 Å². The predicted octanol–water partition coefficient (Wildman–Crippen LogP) is 2.38. The summed E-state index contributed by atoms with van der Waals surface area (Å²) in [7, 11) is 0. The van der Waals surface area contributed by atoms with E-state index < -0.39 is 6.10 Å². The molecule has 3 rings (SSSR count). The van der Waals surface area contributed by atoms with Crippen molar-refractivity contribution in [2.24, 2.45) is 11.8 Å². The average Bonchev–Trinajstić information content (AvgIpc) is 2.92. The highest BCUT2D eigenvalue weighted by atomic mass is 16.3. The molecule has 2 aliphatic rings. The molecule has 1 aromatic carbocycles. The van der Waals surface area contributed by atoms with Crippen molar-refractivity contribution in [3.05, 3.63) is 60.2 Å². The molecule has 3 atom stereocenters. The van der Waals surface area contributed by atoms with Gasteiger partial charge in [-0.1, -0.05) is 43.3 Å². The molecule has 2 heterocycles. The molecule has 0 radical (unpaired) electrons. The van der Waals surface area contributed by atoms with Gasteiger partial charge in [-0.2, -0.15) is 0 Å². The smallest absolute Gasteiger partial charge is 0.256 e. The summed E-state index contributed by atoms with van der Waals surface area (Å²) < 4.78 is 0. The second kappa shape index (κ2) is 8.63. The van der Waals surface area contributed by atoms with E-state index in [4.69, 9.17) is 0 Å². The van der Waals surface area contributed by atoms with Gasteiger partial charge in [-0.05, 0) is 24.3 Å². The van der Waals surface area contributed by atoms with E-state index in [2.05, 4.69) is 23.6 Å². The number of carbonyl (C=O) groups is 2. The minimum absolute atomic E-state index is 0.0912. The Morgan fingerprint density at radius 2 is 1.96 bits per heavy atom. The lowest BCUT2D eigenvalue weighted by molar-refractivity contribution is -0.139. The van der Waals surface area contributed by atoms with Gasteiger partial charge >= 0.3 is 0 Å². The first-order chi connectivity index (χ1) is 13.0. The van der Waals surface area contributed by atoms with Crippen LogP contribution >= 0.6 is 0 Å². The molecule has 1 saturated heterocycles. The molecule has 27 heavy (non-hydrogen) atoms. The van der Waals surface area contributed by atoms with Crippen LogP contribution in [0.1, 0.15) is 25.3 Å². The lowest BCUT2D eigenvalue weighted by Gasteiger charge is -2.41. The van der Waals surface area contributed by atoms with Crippen LogP contribution < -0.4 is 0 Å². The Morgan fingerprint density at radius 3 is 2.67 bits per heavy atom. The summed E-state index contributed by atoms with van der Waals surface area (Å²) in [6, 6.07) is 10.2. The molecule has 0 bridgehead atoms. The summed E-state index contributed by atoms with van der Waals surface area (Å²) >= 11 is 0. The Labute approximate surface area is 161 Å². The maximum absolute atomic E-state index is 12.6. The van der Waals surface area contributed by atoms with Crippen molar-refractivity contribution in [2.75, 3.05) is 19.6 Å². The number of imide groups is 1. The lowest BCUT2D eigenvalue weighted by Crippen LogP contribution is -2.52. The SMILES string of the molecule is C=CCCC1=CC(=O)N(CC2CN(Cc3ccccc3)CC(C)C2O)C1=O. The number of hydrogen-bond acceptors (Lipinski definition) is 4. The maximum atomic E-state index is 12.6. The zero-order chi connectivity index (χ0) is 19.4. The van der Waals surface area contributed by atoms with Gasteiger partial charge in [0.1, 0.15) is 0 Å².